The maximum Gasteiger partial charge on any atom is 0.255 e. The molecular formula is C19H15Cl2F3N2O2. The fraction of sp³-hybridized carbons (Fsp3) is 0.263. The topological polar surface area (TPSA) is 49.4 Å². The van der Waals surface area contributed by atoms with Gasteiger partial charge in [-0.2, -0.15) is 0 Å². The molecule has 4 nitrogen and oxygen atoms in total. The number of nitrogens with zero attached hydrogens (tertiary/aromatic N) is 1. The quantitative estimate of drug-likeness (QED) is 0.731. The molecule has 0 unspecified atom stereocenters. The van der Waals surface area contributed by atoms with Crippen molar-refractivity contribution in [3.63, 3.8) is 0 Å². The molecule has 0 atom stereocenters. The molecule has 2 aromatic carbocycles. The van der Waals surface area contributed by atoms with Crippen LogP contribution in [0.15, 0.2) is 30.3 Å². The molecular weight excluding hydrogens is 416 g/mol. The van der Waals surface area contributed by atoms with Crippen molar-refractivity contribution in [3.8, 4) is 0 Å². The van der Waals surface area contributed by atoms with E-state index < -0.39 is 28.9 Å². The van der Waals surface area contributed by atoms with E-state index in [1.807, 2.05) is 0 Å². The van der Waals surface area contributed by atoms with Crippen molar-refractivity contribution in [2.45, 2.75) is 18.9 Å². The van der Waals surface area contributed by atoms with Gasteiger partial charge in [-0.15, -0.1) is 0 Å². The Morgan fingerprint density at radius 2 is 1.61 bits per heavy atom. The molecule has 3 rings (SSSR count). The van der Waals surface area contributed by atoms with Crippen LogP contribution in [0.2, 0.25) is 10.0 Å². The van der Waals surface area contributed by atoms with Crippen LogP contribution in [0.25, 0.3) is 0 Å². The van der Waals surface area contributed by atoms with Crippen molar-refractivity contribution in [3.05, 3.63) is 69.0 Å². The number of amides is 2. The first kappa shape index (κ1) is 20.5. The minimum absolute atomic E-state index is 0.252. The lowest BCUT2D eigenvalue weighted by molar-refractivity contribution is 0.0698. The largest absolute Gasteiger partial charge is 0.349 e. The second-order valence-electron chi connectivity index (χ2n) is 6.39. The van der Waals surface area contributed by atoms with Gasteiger partial charge < -0.3 is 10.2 Å². The third kappa shape index (κ3) is 4.25. The highest BCUT2D eigenvalue weighted by Gasteiger charge is 2.27. The summed E-state index contributed by atoms with van der Waals surface area (Å²) in [7, 11) is 0. The molecule has 1 N–H and O–H groups in total. The summed E-state index contributed by atoms with van der Waals surface area (Å²) in [5, 5.41) is 3.27. The van der Waals surface area contributed by atoms with Gasteiger partial charge in [-0.25, -0.2) is 13.2 Å². The monoisotopic (exact) mass is 430 g/mol. The molecule has 1 heterocycles. The number of nitrogens with one attached hydrogen (secondary N) is 1. The number of hydrogen-bond donors (Lipinski definition) is 1. The molecule has 2 amide bonds. The number of carbonyl (C=O) groups is 2. The van der Waals surface area contributed by atoms with Gasteiger partial charge >= 0.3 is 0 Å². The zero-order chi connectivity index (χ0) is 20.4. The summed E-state index contributed by atoms with van der Waals surface area (Å²) in [6.07, 6.45) is 0.849. The standard InChI is InChI=1S/C19H15Cl2F3N2O2/c20-10-1-2-12(14(21)9-10)19(28)26-7-5-11(6-8-26)25-18(27)13-3-4-15(22)17(24)16(13)23/h1-4,9,11H,5-8H2,(H,25,27). The Labute approximate surface area is 169 Å². The minimum atomic E-state index is -1.69. The Kier molecular flexibility index (Phi) is 6.15. The summed E-state index contributed by atoms with van der Waals surface area (Å²) in [6.45, 7) is 0.700. The number of benzene rings is 2. The number of carbonyl (C=O) groups excluding carboxylic acids is 2. The summed E-state index contributed by atoms with van der Waals surface area (Å²) in [4.78, 5) is 26.3. The molecule has 148 valence electrons. The lowest BCUT2D eigenvalue weighted by atomic mass is 10.0. The van der Waals surface area contributed by atoms with Crippen LogP contribution >= 0.6 is 23.2 Å². The smallest absolute Gasteiger partial charge is 0.255 e. The number of hydrogen-bond acceptors (Lipinski definition) is 2. The average Bonchev–Trinajstić information content (AvgIpc) is 2.66. The number of rotatable bonds is 3. The summed E-state index contributed by atoms with van der Waals surface area (Å²) in [5.41, 5.74) is -0.234. The fourth-order valence-corrected chi connectivity index (χ4v) is 3.51. The van der Waals surface area contributed by atoms with Crippen LogP contribution in [0.1, 0.15) is 33.6 Å². The maximum absolute atomic E-state index is 13.7. The molecule has 0 saturated carbocycles. The molecule has 1 saturated heterocycles. The van der Waals surface area contributed by atoms with E-state index in [2.05, 4.69) is 5.32 Å². The molecule has 2 aromatic rings. The zero-order valence-electron chi connectivity index (χ0n) is 14.4. The average molecular weight is 431 g/mol. The van der Waals surface area contributed by atoms with Crippen LogP contribution in [0, 0.1) is 17.5 Å². The second-order valence-corrected chi connectivity index (χ2v) is 7.23. The van der Waals surface area contributed by atoms with Crippen molar-refractivity contribution in [2.24, 2.45) is 0 Å². The zero-order valence-corrected chi connectivity index (χ0v) is 16.0. The third-order valence-electron chi connectivity index (χ3n) is 4.56. The molecule has 9 heteroatoms. The highest BCUT2D eigenvalue weighted by atomic mass is 35.5. The van der Waals surface area contributed by atoms with Crippen LogP contribution in [0.5, 0.6) is 0 Å². The summed E-state index contributed by atoms with van der Waals surface area (Å²) in [6, 6.07) is 5.87. The highest BCUT2D eigenvalue weighted by Crippen LogP contribution is 2.24. The number of likely N-dealkylation sites (tertiary alicyclic amines) is 1. The van der Waals surface area contributed by atoms with Crippen LogP contribution in [-0.2, 0) is 0 Å². The predicted molar refractivity (Wildman–Crippen MR) is 99.2 cm³/mol. The first-order chi connectivity index (χ1) is 13.3. The van der Waals surface area contributed by atoms with Gasteiger partial charge in [0.2, 0.25) is 0 Å². The van der Waals surface area contributed by atoms with E-state index in [9.17, 15) is 22.8 Å². The SMILES string of the molecule is O=C(NC1CCN(C(=O)c2ccc(Cl)cc2Cl)CC1)c1ccc(F)c(F)c1F. The van der Waals surface area contributed by atoms with Gasteiger partial charge in [0.25, 0.3) is 11.8 Å². The lowest BCUT2D eigenvalue weighted by Gasteiger charge is -2.32. The van der Waals surface area contributed by atoms with E-state index in [-0.39, 0.29) is 17.0 Å². The van der Waals surface area contributed by atoms with Crippen LogP contribution < -0.4 is 5.32 Å². The molecule has 1 aliphatic rings. The van der Waals surface area contributed by atoms with Gasteiger partial charge in [0.1, 0.15) is 0 Å². The van der Waals surface area contributed by atoms with Crippen molar-refractivity contribution < 1.29 is 22.8 Å². The van der Waals surface area contributed by atoms with Crippen molar-refractivity contribution in [1.29, 1.82) is 0 Å². The lowest BCUT2D eigenvalue weighted by Crippen LogP contribution is -2.46. The van der Waals surface area contributed by atoms with E-state index in [1.165, 1.54) is 6.07 Å². The maximum atomic E-state index is 13.7. The molecule has 0 aromatic heterocycles. The van der Waals surface area contributed by atoms with Crippen LogP contribution in [0.3, 0.4) is 0 Å². The number of halogens is 5. The van der Waals surface area contributed by atoms with Gasteiger partial charge in [0.15, 0.2) is 17.5 Å². The van der Waals surface area contributed by atoms with E-state index in [1.54, 1.807) is 17.0 Å². The predicted octanol–water partition coefficient (Wildman–Crippen LogP) is 4.45. The van der Waals surface area contributed by atoms with Crippen LogP contribution in [-0.4, -0.2) is 35.8 Å². The van der Waals surface area contributed by atoms with E-state index in [0.29, 0.717) is 42.6 Å². The first-order valence-electron chi connectivity index (χ1n) is 8.46. The van der Waals surface area contributed by atoms with Crippen molar-refractivity contribution >= 4 is 35.0 Å². The molecule has 0 radical (unpaired) electrons. The Hall–Kier alpha value is -2.25. The second kappa shape index (κ2) is 8.41. The molecule has 1 fully saturated rings. The van der Waals surface area contributed by atoms with Gasteiger partial charge in [-0.05, 0) is 43.2 Å². The minimum Gasteiger partial charge on any atom is -0.349 e. The van der Waals surface area contributed by atoms with Crippen molar-refractivity contribution in [1.82, 2.24) is 10.2 Å². The van der Waals surface area contributed by atoms with E-state index in [4.69, 9.17) is 23.2 Å². The first-order valence-corrected chi connectivity index (χ1v) is 9.22. The van der Waals surface area contributed by atoms with E-state index >= 15 is 0 Å². The molecule has 0 bridgehead atoms. The Morgan fingerprint density at radius 1 is 0.964 bits per heavy atom. The molecule has 1 aliphatic heterocycles. The molecule has 28 heavy (non-hydrogen) atoms. The normalized spacial score (nSPS) is 14.8. The fourth-order valence-electron chi connectivity index (χ4n) is 3.02. The van der Waals surface area contributed by atoms with Gasteiger partial charge in [0.05, 0.1) is 16.1 Å². The van der Waals surface area contributed by atoms with Gasteiger partial charge in [-0.3, -0.25) is 9.59 Å². The summed E-state index contributed by atoms with van der Waals surface area (Å²) in [5.74, 6) is -5.66. The Bertz CT molecular complexity index is 932. The van der Waals surface area contributed by atoms with Crippen LogP contribution in [0.4, 0.5) is 13.2 Å². The highest BCUT2D eigenvalue weighted by molar-refractivity contribution is 6.36. The van der Waals surface area contributed by atoms with Gasteiger partial charge in [0, 0.05) is 24.2 Å². The molecule has 0 aliphatic carbocycles. The van der Waals surface area contributed by atoms with Crippen molar-refractivity contribution in [2.75, 3.05) is 13.1 Å². The van der Waals surface area contributed by atoms with E-state index in [0.717, 1.165) is 6.07 Å². The molecule has 0 spiro atoms. The number of piperidine rings is 1. The Morgan fingerprint density at radius 3 is 2.25 bits per heavy atom. The van der Waals surface area contributed by atoms with Gasteiger partial charge in [-0.1, -0.05) is 23.2 Å². The summed E-state index contributed by atoms with van der Waals surface area (Å²) < 4.78 is 40.0. The Balaban J connectivity index is 1.60. The summed E-state index contributed by atoms with van der Waals surface area (Å²) >= 11 is 11.9. The third-order valence-corrected chi connectivity index (χ3v) is 5.11.